The number of aromatic nitrogens is 3. The van der Waals surface area contributed by atoms with Gasteiger partial charge in [-0.3, -0.25) is 9.59 Å². The van der Waals surface area contributed by atoms with E-state index in [4.69, 9.17) is 0 Å². The maximum atomic E-state index is 12.7. The summed E-state index contributed by atoms with van der Waals surface area (Å²) < 4.78 is 2.28. The van der Waals surface area contributed by atoms with Gasteiger partial charge in [0.05, 0.1) is 17.0 Å². The number of fused-ring (bicyclic) bond motifs is 2. The molecule has 2 heterocycles. The van der Waals surface area contributed by atoms with Crippen molar-refractivity contribution in [2.24, 2.45) is 0 Å². The molecule has 0 bridgehead atoms. The van der Waals surface area contributed by atoms with E-state index in [9.17, 15) is 9.59 Å². The molecule has 0 aliphatic rings. The summed E-state index contributed by atoms with van der Waals surface area (Å²) in [5, 5.41) is 12.1. The van der Waals surface area contributed by atoms with Crippen molar-refractivity contribution in [3.05, 3.63) is 76.3 Å². The first-order valence-electron chi connectivity index (χ1n) is 9.86. The maximum Gasteiger partial charge on any atom is 0.272 e. The van der Waals surface area contributed by atoms with Gasteiger partial charge in [0.15, 0.2) is 0 Å². The van der Waals surface area contributed by atoms with E-state index in [2.05, 4.69) is 45.2 Å². The molecule has 1 unspecified atom stereocenters. The summed E-state index contributed by atoms with van der Waals surface area (Å²) in [5.41, 5.74) is 2.78. The van der Waals surface area contributed by atoms with E-state index < -0.39 is 5.92 Å². The molecule has 2 N–H and O–H groups in total. The Balaban J connectivity index is 1.41. The van der Waals surface area contributed by atoms with Crippen LogP contribution in [0.3, 0.4) is 0 Å². The van der Waals surface area contributed by atoms with E-state index in [0.29, 0.717) is 23.0 Å². The summed E-state index contributed by atoms with van der Waals surface area (Å²) >= 11 is 0. The third-order valence-corrected chi connectivity index (χ3v) is 5.40. The summed E-state index contributed by atoms with van der Waals surface area (Å²) in [7, 11) is 0. The first kappa shape index (κ1) is 18.9. The predicted octanol–water partition coefficient (Wildman–Crippen LogP) is 3.50. The molecule has 0 aliphatic heterocycles. The van der Waals surface area contributed by atoms with Gasteiger partial charge < -0.3 is 9.88 Å². The van der Waals surface area contributed by atoms with Crippen molar-refractivity contribution in [2.75, 3.05) is 6.54 Å². The first-order chi connectivity index (χ1) is 14.1. The van der Waals surface area contributed by atoms with Gasteiger partial charge in [-0.25, -0.2) is 5.10 Å². The number of aryl methyl sites for hydroxylation is 2. The molecule has 0 saturated heterocycles. The van der Waals surface area contributed by atoms with E-state index in [1.807, 2.05) is 31.2 Å². The highest BCUT2D eigenvalue weighted by Gasteiger charge is 2.20. The Morgan fingerprint density at radius 3 is 2.69 bits per heavy atom. The molecule has 6 heteroatoms. The van der Waals surface area contributed by atoms with Crippen molar-refractivity contribution in [1.29, 1.82) is 0 Å². The molecule has 29 heavy (non-hydrogen) atoms. The molecule has 2 aromatic carbocycles. The van der Waals surface area contributed by atoms with Gasteiger partial charge in [0.2, 0.25) is 5.91 Å². The van der Waals surface area contributed by atoms with Crippen LogP contribution < -0.4 is 10.9 Å². The number of nitrogens with one attached hydrogen (secondary N) is 2. The highest BCUT2D eigenvalue weighted by molar-refractivity contribution is 5.91. The van der Waals surface area contributed by atoms with E-state index in [0.717, 1.165) is 13.0 Å². The number of hydrogen-bond acceptors (Lipinski definition) is 3. The predicted molar refractivity (Wildman–Crippen MR) is 115 cm³/mol. The zero-order valence-electron chi connectivity index (χ0n) is 16.6. The summed E-state index contributed by atoms with van der Waals surface area (Å²) in [5.74, 6) is -0.547. The van der Waals surface area contributed by atoms with Gasteiger partial charge in [-0.05, 0) is 43.9 Å². The number of aromatic amines is 1. The number of H-pyrrole nitrogens is 1. The fourth-order valence-electron chi connectivity index (χ4n) is 3.84. The average molecular weight is 388 g/mol. The second kappa shape index (κ2) is 7.91. The summed E-state index contributed by atoms with van der Waals surface area (Å²) in [6, 6.07) is 17.7. The van der Waals surface area contributed by atoms with Crippen LogP contribution in [0.25, 0.3) is 21.7 Å². The minimum atomic E-state index is -0.453. The second-order valence-corrected chi connectivity index (χ2v) is 7.35. The Labute approximate surface area is 168 Å². The van der Waals surface area contributed by atoms with E-state index >= 15 is 0 Å². The molecule has 0 fully saturated rings. The summed E-state index contributed by atoms with van der Waals surface area (Å²) in [4.78, 5) is 24.6. The third kappa shape index (κ3) is 3.66. The van der Waals surface area contributed by atoms with Gasteiger partial charge in [-0.15, -0.1) is 0 Å². The lowest BCUT2D eigenvalue weighted by atomic mass is 10.0. The van der Waals surface area contributed by atoms with Crippen LogP contribution in [-0.2, 0) is 11.3 Å². The standard InChI is InChI=1S/C23H24N4O2/c1-15-14-17-8-3-6-11-20(17)27(15)13-7-12-24-22(28)16(2)21-18-9-4-5-10-19(18)23(29)26-25-21/h3-6,8-11,14,16H,7,12-13H2,1-2H3,(H,24,28)(H,26,29). The van der Waals surface area contributed by atoms with Gasteiger partial charge in [-0.2, -0.15) is 5.10 Å². The topological polar surface area (TPSA) is 79.8 Å². The Hall–Kier alpha value is -3.41. The maximum absolute atomic E-state index is 12.7. The molecule has 6 nitrogen and oxygen atoms in total. The van der Waals surface area contributed by atoms with Crippen molar-refractivity contribution in [3.63, 3.8) is 0 Å². The monoisotopic (exact) mass is 388 g/mol. The summed E-state index contributed by atoms with van der Waals surface area (Å²) in [6.45, 7) is 5.34. The normalized spacial score (nSPS) is 12.3. The lowest BCUT2D eigenvalue weighted by molar-refractivity contribution is -0.122. The van der Waals surface area contributed by atoms with Crippen LogP contribution in [0.2, 0.25) is 0 Å². The summed E-state index contributed by atoms with van der Waals surface area (Å²) in [6.07, 6.45) is 0.831. The number of carbonyl (C=O) groups excluding carboxylic acids is 1. The second-order valence-electron chi connectivity index (χ2n) is 7.35. The Kier molecular flexibility index (Phi) is 5.16. The minimum absolute atomic E-state index is 0.0937. The highest BCUT2D eigenvalue weighted by Crippen LogP contribution is 2.21. The zero-order valence-corrected chi connectivity index (χ0v) is 16.6. The van der Waals surface area contributed by atoms with Gasteiger partial charge in [0.1, 0.15) is 0 Å². The number of para-hydroxylation sites is 1. The van der Waals surface area contributed by atoms with Crippen molar-refractivity contribution in [3.8, 4) is 0 Å². The van der Waals surface area contributed by atoms with E-state index in [1.165, 1.54) is 16.6 Å². The molecule has 4 aromatic rings. The van der Waals surface area contributed by atoms with Crippen LogP contribution in [-0.4, -0.2) is 27.2 Å². The van der Waals surface area contributed by atoms with Crippen molar-refractivity contribution in [1.82, 2.24) is 20.1 Å². The lowest BCUT2D eigenvalue weighted by Crippen LogP contribution is -2.30. The van der Waals surface area contributed by atoms with Gasteiger partial charge >= 0.3 is 0 Å². The van der Waals surface area contributed by atoms with Crippen molar-refractivity contribution < 1.29 is 4.79 Å². The zero-order chi connectivity index (χ0) is 20.4. The molecule has 0 saturated carbocycles. The molecular formula is C23H24N4O2. The van der Waals surface area contributed by atoms with Crippen LogP contribution in [0.15, 0.2) is 59.4 Å². The fraction of sp³-hybridized carbons (Fsp3) is 0.261. The van der Waals surface area contributed by atoms with Crippen molar-refractivity contribution in [2.45, 2.75) is 32.7 Å². The van der Waals surface area contributed by atoms with Crippen LogP contribution in [0, 0.1) is 6.92 Å². The van der Waals surface area contributed by atoms with Crippen LogP contribution in [0.5, 0.6) is 0 Å². The third-order valence-electron chi connectivity index (χ3n) is 5.40. The number of nitrogens with zero attached hydrogens (tertiary/aromatic N) is 2. The molecule has 0 radical (unpaired) electrons. The molecule has 1 amide bonds. The van der Waals surface area contributed by atoms with Crippen LogP contribution in [0.4, 0.5) is 0 Å². The highest BCUT2D eigenvalue weighted by atomic mass is 16.2. The number of benzene rings is 2. The Morgan fingerprint density at radius 1 is 1.14 bits per heavy atom. The number of amides is 1. The van der Waals surface area contributed by atoms with E-state index in [-0.39, 0.29) is 11.5 Å². The minimum Gasteiger partial charge on any atom is -0.355 e. The Bertz CT molecular complexity index is 1240. The SMILES string of the molecule is Cc1cc2ccccc2n1CCCNC(=O)C(C)c1n[nH]c(=O)c2ccccc12. The fourth-order valence-corrected chi connectivity index (χ4v) is 3.84. The molecule has 148 valence electrons. The van der Waals surface area contributed by atoms with Crippen LogP contribution >= 0.6 is 0 Å². The molecule has 0 aliphatic carbocycles. The largest absolute Gasteiger partial charge is 0.355 e. The first-order valence-corrected chi connectivity index (χ1v) is 9.86. The smallest absolute Gasteiger partial charge is 0.272 e. The van der Waals surface area contributed by atoms with Gasteiger partial charge in [0.25, 0.3) is 5.56 Å². The molecular weight excluding hydrogens is 364 g/mol. The van der Waals surface area contributed by atoms with Gasteiger partial charge in [0, 0.05) is 29.7 Å². The lowest BCUT2D eigenvalue weighted by Gasteiger charge is -2.14. The molecule has 0 spiro atoms. The van der Waals surface area contributed by atoms with Gasteiger partial charge in [-0.1, -0.05) is 36.4 Å². The number of carbonyl (C=O) groups is 1. The molecule has 4 rings (SSSR count). The van der Waals surface area contributed by atoms with Crippen LogP contribution in [0.1, 0.15) is 30.7 Å². The quantitative estimate of drug-likeness (QED) is 0.496. The van der Waals surface area contributed by atoms with E-state index in [1.54, 1.807) is 12.1 Å². The van der Waals surface area contributed by atoms with Crippen molar-refractivity contribution >= 4 is 27.6 Å². The number of rotatable bonds is 6. The molecule has 1 atom stereocenters. The average Bonchev–Trinajstić information content (AvgIpc) is 3.06. The number of hydrogen-bond donors (Lipinski definition) is 2. The Morgan fingerprint density at radius 2 is 1.86 bits per heavy atom. The molecule has 2 aromatic heterocycles.